The van der Waals surface area contributed by atoms with E-state index in [9.17, 15) is 4.39 Å². The number of halogens is 2. The van der Waals surface area contributed by atoms with E-state index in [0.717, 1.165) is 0 Å². The van der Waals surface area contributed by atoms with Gasteiger partial charge in [0.1, 0.15) is 17.7 Å². The average molecular weight is 276 g/mol. The minimum absolute atomic E-state index is 0.0845. The van der Waals surface area contributed by atoms with Gasteiger partial charge in [0.15, 0.2) is 0 Å². The Morgan fingerprint density at radius 2 is 2.07 bits per heavy atom. The van der Waals surface area contributed by atoms with Crippen LogP contribution in [-0.4, -0.2) is 12.6 Å². The largest absolute Gasteiger partial charge is 0.489 e. The van der Waals surface area contributed by atoms with Crippen molar-refractivity contribution >= 4 is 15.9 Å². The summed E-state index contributed by atoms with van der Waals surface area (Å²) in [5, 5.41) is 0. The van der Waals surface area contributed by atoms with Crippen LogP contribution in [0.2, 0.25) is 0 Å². The highest BCUT2D eigenvalue weighted by molar-refractivity contribution is 9.10. The fourth-order valence-corrected chi connectivity index (χ4v) is 1.67. The molecule has 0 heterocycles. The van der Waals surface area contributed by atoms with E-state index in [1.54, 1.807) is 6.07 Å². The number of ether oxygens (including phenoxy) is 1. The summed E-state index contributed by atoms with van der Waals surface area (Å²) in [5.74, 6) is 0.488. The van der Waals surface area contributed by atoms with Crippen molar-refractivity contribution in [1.82, 2.24) is 0 Å². The van der Waals surface area contributed by atoms with E-state index in [-0.39, 0.29) is 11.9 Å². The van der Waals surface area contributed by atoms with Gasteiger partial charge in [0.25, 0.3) is 0 Å². The highest BCUT2D eigenvalue weighted by Gasteiger charge is 2.13. The van der Waals surface area contributed by atoms with Gasteiger partial charge in [-0.1, -0.05) is 29.8 Å². The highest BCUT2D eigenvalue weighted by atomic mass is 79.9. The molecule has 0 amide bonds. The van der Waals surface area contributed by atoms with Crippen molar-refractivity contribution in [1.29, 1.82) is 0 Å². The van der Waals surface area contributed by atoms with Gasteiger partial charge in [-0.2, -0.15) is 0 Å². The van der Waals surface area contributed by atoms with Gasteiger partial charge in [0.05, 0.1) is 0 Å². The molecule has 0 saturated carbocycles. The van der Waals surface area contributed by atoms with Crippen molar-refractivity contribution in [2.75, 3.05) is 6.54 Å². The molecule has 1 unspecified atom stereocenters. The summed E-state index contributed by atoms with van der Waals surface area (Å²) < 4.78 is 19.3. The quantitative estimate of drug-likeness (QED) is 0.917. The molecule has 15 heavy (non-hydrogen) atoms. The number of benzene rings is 1. The molecule has 84 valence electrons. The van der Waals surface area contributed by atoms with Gasteiger partial charge in [-0.25, -0.2) is 4.39 Å². The van der Waals surface area contributed by atoms with Crippen molar-refractivity contribution < 1.29 is 9.13 Å². The molecular weight excluding hydrogens is 261 g/mol. The first kappa shape index (κ1) is 12.5. The molecule has 0 aliphatic carbocycles. The van der Waals surface area contributed by atoms with E-state index >= 15 is 0 Å². The molecule has 0 aliphatic heterocycles. The minimum Gasteiger partial charge on any atom is -0.489 e. The van der Waals surface area contributed by atoms with Crippen molar-refractivity contribution in [3.8, 4) is 5.75 Å². The lowest BCUT2D eigenvalue weighted by Crippen LogP contribution is -2.31. The fourth-order valence-electron chi connectivity index (χ4n) is 1.23. The molecule has 0 fully saturated rings. The van der Waals surface area contributed by atoms with Crippen LogP contribution in [0.1, 0.15) is 13.8 Å². The van der Waals surface area contributed by atoms with E-state index in [0.29, 0.717) is 22.7 Å². The van der Waals surface area contributed by atoms with Crippen LogP contribution in [0.4, 0.5) is 4.39 Å². The summed E-state index contributed by atoms with van der Waals surface area (Å²) in [5.41, 5.74) is 5.57. The number of hydrogen-bond donors (Lipinski definition) is 1. The van der Waals surface area contributed by atoms with Gasteiger partial charge in [-0.3, -0.25) is 0 Å². The molecule has 0 saturated heterocycles. The van der Waals surface area contributed by atoms with Crippen LogP contribution in [0, 0.1) is 11.7 Å². The van der Waals surface area contributed by atoms with Gasteiger partial charge in [0, 0.05) is 17.1 Å². The molecule has 2 N–H and O–H groups in total. The Morgan fingerprint density at radius 3 is 2.53 bits per heavy atom. The third-order valence-electron chi connectivity index (χ3n) is 2.10. The molecule has 1 atom stereocenters. The SMILES string of the molecule is CC(C)C(CN)Oc1cc(F)cc(Br)c1. The Hall–Kier alpha value is -0.610. The van der Waals surface area contributed by atoms with E-state index in [1.165, 1.54) is 12.1 Å². The van der Waals surface area contributed by atoms with Crippen LogP contribution in [0.3, 0.4) is 0 Å². The zero-order chi connectivity index (χ0) is 11.4. The standard InChI is InChI=1S/C11H15BrFNO/c1-7(2)11(6-14)15-10-4-8(12)3-9(13)5-10/h3-5,7,11H,6,14H2,1-2H3. The number of nitrogens with two attached hydrogens (primary N) is 1. The summed E-state index contributed by atoms with van der Waals surface area (Å²) in [6, 6.07) is 4.48. The van der Waals surface area contributed by atoms with Gasteiger partial charge < -0.3 is 10.5 Å². The molecule has 0 spiro atoms. The Balaban J connectivity index is 2.79. The fraction of sp³-hybridized carbons (Fsp3) is 0.455. The van der Waals surface area contributed by atoms with E-state index in [2.05, 4.69) is 15.9 Å². The lowest BCUT2D eigenvalue weighted by atomic mass is 10.1. The van der Waals surface area contributed by atoms with Gasteiger partial charge in [0.2, 0.25) is 0 Å². The zero-order valence-electron chi connectivity index (χ0n) is 8.84. The Morgan fingerprint density at radius 1 is 1.40 bits per heavy atom. The van der Waals surface area contributed by atoms with Crippen molar-refractivity contribution in [2.24, 2.45) is 11.7 Å². The second-order valence-electron chi connectivity index (χ2n) is 3.74. The van der Waals surface area contributed by atoms with Crippen LogP contribution >= 0.6 is 15.9 Å². The second-order valence-corrected chi connectivity index (χ2v) is 4.66. The monoisotopic (exact) mass is 275 g/mol. The third kappa shape index (κ3) is 3.80. The minimum atomic E-state index is -0.320. The van der Waals surface area contributed by atoms with Crippen LogP contribution in [0.5, 0.6) is 5.75 Å². The smallest absolute Gasteiger partial charge is 0.128 e. The van der Waals surface area contributed by atoms with Gasteiger partial charge in [-0.05, 0) is 18.1 Å². The predicted molar refractivity (Wildman–Crippen MR) is 62.4 cm³/mol. The van der Waals surface area contributed by atoms with Crippen molar-refractivity contribution in [3.63, 3.8) is 0 Å². The molecule has 1 aromatic rings. The highest BCUT2D eigenvalue weighted by Crippen LogP contribution is 2.22. The third-order valence-corrected chi connectivity index (χ3v) is 2.56. The first-order chi connectivity index (χ1) is 7.02. The Bertz CT molecular complexity index is 310. The lowest BCUT2D eigenvalue weighted by Gasteiger charge is -2.21. The Kier molecular flexibility index (Phi) is 4.54. The maximum atomic E-state index is 13.0. The van der Waals surface area contributed by atoms with E-state index in [4.69, 9.17) is 10.5 Å². The summed E-state index contributed by atoms with van der Waals surface area (Å²) in [7, 11) is 0. The predicted octanol–water partition coefficient (Wildman–Crippen LogP) is 2.95. The molecular formula is C11H15BrFNO. The van der Waals surface area contributed by atoms with Crippen LogP contribution < -0.4 is 10.5 Å². The lowest BCUT2D eigenvalue weighted by molar-refractivity contribution is 0.158. The Labute approximate surface area is 97.7 Å². The topological polar surface area (TPSA) is 35.2 Å². The molecule has 1 rings (SSSR count). The molecule has 0 aliphatic rings. The van der Waals surface area contributed by atoms with Crippen molar-refractivity contribution in [2.45, 2.75) is 20.0 Å². The average Bonchev–Trinajstić information content (AvgIpc) is 2.12. The number of rotatable bonds is 4. The second kappa shape index (κ2) is 5.47. The van der Waals surface area contributed by atoms with Gasteiger partial charge >= 0.3 is 0 Å². The molecule has 0 radical (unpaired) electrons. The molecule has 0 aromatic heterocycles. The molecule has 2 nitrogen and oxygen atoms in total. The van der Waals surface area contributed by atoms with Crippen LogP contribution in [0.15, 0.2) is 22.7 Å². The summed E-state index contributed by atoms with van der Waals surface area (Å²) >= 11 is 3.21. The summed E-state index contributed by atoms with van der Waals surface area (Å²) in [6.07, 6.45) is -0.0845. The first-order valence-electron chi connectivity index (χ1n) is 4.85. The molecule has 4 heteroatoms. The zero-order valence-corrected chi connectivity index (χ0v) is 10.4. The summed E-state index contributed by atoms with van der Waals surface area (Å²) in [6.45, 7) is 4.46. The normalized spacial score (nSPS) is 12.9. The maximum Gasteiger partial charge on any atom is 0.128 e. The van der Waals surface area contributed by atoms with E-state index < -0.39 is 0 Å². The van der Waals surface area contributed by atoms with Crippen LogP contribution in [-0.2, 0) is 0 Å². The van der Waals surface area contributed by atoms with E-state index in [1.807, 2.05) is 13.8 Å². The summed E-state index contributed by atoms with van der Waals surface area (Å²) in [4.78, 5) is 0. The molecule has 0 bridgehead atoms. The van der Waals surface area contributed by atoms with Gasteiger partial charge in [-0.15, -0.1) is 0 Å². The first-order valence-corrected chi connectivity index (χ1v) is 5.65. The van der Waals surface area contributed by atoms with Crippen LogP contribution in [0.25, 0.3) is 0 Å². The van der Waals surface area contributed by atoms with Crippen molar-refractivity contribution in [3.05, 3.63) is 28.5 Å². The molecule has 1 aromatic carbocycles. The number of hydrogen-bond acceptors (Lipinski definition) is 2. The maximum absolute atomic E-state index is 13.0.